The molecule has 1 saturated heterocycles. The van der Waals surface area contributed by atoms with Gasteiger partial charge in [-0.3, -0.25) is 4.79 Å². The van der Waals surface area contributed by atoms with Crippen molar-refractivity contribution in [2.45, 2.75) is 42.5 Å². The van der Waals surface area contributed by atoms with Crippen molar-refractivity contribution in [1.29, 1.82) is 0 Å². The summed E-state index contributed by atoms with van der Waals surface area (Å²) in [4.78, 5) is 28.7. The van der Waals surface area contributed by atoms with Gasteiger partial charge in [0.2, 0.25) is 5.91 Å². The standard InChI is InChI=1S/C25H19Cl4F3N4O2S2/c26-14-6-15(27)22(16(28)7-14)20-8-18(35-38-20)19-10-39-23(34-19)12-1-3-36(4-2-12)21(37)11-40-24-17(29)5-13(9-33-24)25(30,31)32/h5-7,9-10,12,20H,1-4,8,11H2. The van der Waals surface area contributed by atoms with Crippen LogP contribution in [0.3, 0.4) is 0 Å². The van der Waals surface area contributed by atoms with Crippen LogP contribution < -0.4 is 0 Å². The SMILES string of the molecule is O=C(CSc1ncc(C(F)(F)F)cc1Cl)N1CCC(c2nc(C3=NOC(c4c(Cl)cc(Cl)cc4Cl)C3)cs2)CC1. The van der Waals surface area contributed by atoms with Crippen molar-refractivity contribution < 1.29 is 22.8 Å². The molecule has 0 N–H and O–H groups in total. The lowest BCUT2D eigenvalue weighted by atomic mass is 9.97. The Balaban J connectivity index is 1.13. The van der Waals surface area contributed by atoms with E-state index in [9.17, 15) is 18.0 Å². The Morgan fingerprint density at radius 1 is 1.10 bits per heavy atom. The Morgan fingerprint density at radius 2 is 1.80 bits per heavy atom. The van der Waals surface area contributed by atoms with Gasteiger partial charge in [0.25, 0.3) is 0 Å². The monoisotopic (exact) mass is 668 g/mol. The third kappa shape index (κ3) is 6.65. The number of hydrogen-bond acceptors (Lipinski definition) is 7. The number of hydrogen-bond donors (Lipinski definition) is 0. The highest BCUT2D eigenvalue weighted by atomic mass is 35.5. The topological polar surface area (TPSA) is 67.7 Å². The third-order valence-corrected chi connectivity index (χ3v) is 9.76. The number of carbonyl (C=O) groups excluding carboxylic acids is 1. The van der Waals surface area contributed by atoms with Crippen molar-refractivity contribution in [2.24, 2.45) is 5.16 Å². The maximum atomic E-state index is 12.8. The highest BCUT2D eigenvalue weighted by molar-refractivity contribution is 8.00. The van der Waals surface area contributed by atoms with E-state index in [2.05, 4.69) is 10.1 Å². The smallest absolute Gasteiger partial charge is 0.387 e. The van der Waals surface area contributed by atoms with Gasteiger partial charge in [-0.15, -0.1) is 11.3 Å². The molecule has 1 aromatic carbocycles. The van der Waals surface area contributed by atoms with E-state index in [1.807, 2.05) is 5.38 Å². The van der Waals surface area contributed by atoms with Crippen molar-refractivity contribution in [1.82, 2.24) is 14.9 Å². The Kier molecular flexibility index (Phi) is 9.09. The quantitative estimate of drug-likeness (QED) is 0.246. The summed E-state index contributed by atoms with van der Waals surface area (Å²) in [7, 11) is 0. The van der Waals surface area contributed by atoms with Crippen molar-refractivity contribution >= 4 is 81.1 Å². The predicted molar refractivity (Wildman–Crippen MR) is 152 cm³/mol. The molecule has 2 aromatic heterocycles. The van der Waals surface area contributed by atoms with E-state index in [4.69, 9.17) is 56.2 Å². The Hall–Kier alpha value is -1.76. The van der Waals surface area contributed by atoms with Gasteiger partial charge in [0, 0.05) is 47.6 Å². The van der Waals surface area contributed by atoms with Gasteiger partial charge in [0.1, 0.15) is 10.7 Å². The van der Waals surface area contributed by atoms with E-state index in [1.165, 1.54) is 0 Å². The summed E-state index contributed by atoms with van der Waals surface area (Å²) in [6, 6.07) is 4.05. The summed E-state index contributed by atoms with van der Waals surface area (Å²) < 4.78 is 38.4. The number of pyridine rings is 1. The van der Waals surface area contributed by atoms with Crippen LogP contribution in [0.2, 0.25) is 20.1 Å². The van der Waals surface area contributed by atoms with E-state index in [0.29, 0.717) is 45.9 Å². The minimum Gasteiger partial charge on any atom is -0.387 e. The molecule has 212 valence electrons. The summed E-state index contributed by atoms with van der Waals surface area (Å²) in [6.45, 7) is 1.10. The molecule has 3 aromatic rings. The van der Waals surface area contributed by atoms with Crippen LogP contribution >= 0.6 is 69.5 Å². The summed E-state index contributed by atoms with van der Waals surface area (Å²) in [5.74, 6) is 0.108. The average molecular weight is 670 g/mol. The van der Waals surface area contributed by atoms with E-state index in [-0.39, 0.29) is 27.6 Å². The first-order valence-corrected chi connectivity index (χ1v) is 15.3. The molecule has 1 atom stereocenters. The van der Waals surface area contributed by atoms with Crippen LogP contribution in [0.5, 0.6) is 0 Å². The van der Waals surface area contributed by atoms with E-state index in [1.54, 1.807) is 28.4 Å². The van der Waals surface area contributed by atoms with Gasteiger partial charge in [-0.2, -0.15) is 13.2 Å². The maximum Gasteiger partial charge on any atom is 0.417 e. The van der Waals surface area contributed by atoms with Gasteiger partial charge >= 0.3 is 6.18 Å². The van der Waals surface area contributed by atoms with Gasteiger partial charge in [0.15, 0.2) is 6.10 Å². The minimum atomic E-state index is -4.53. The van der Waals surface area contributed by atoms with Crippen LogP contribution in [0, 0.1) is 0 Å². The highest BCUT2D eigenvalue weighted by Gasteiger charge is 2.33. The van der Waals surface area contributed by atoms with Crippen LogP contribution in [0.15, 0.2) is 40.0 Å². The van der Waals surface area contributed by atoms with Gasteiger partial charge in [-0.1, -0.05) is 63.3 Å². The summed E-state index contributed by atoms with van der Waals surface area (Å²) >= 11 is 27.2. The average Bonchev–Trinajstić information content (AvgIpc) is 3.57. The lowest BCUT2D eigenvalue weighted by Crippen LogP contribution is -2.38. The molecule has 0 bridgehead atoms. The highest BCUT2D eigenvalue weighted by Crippen LogP contribution is 2.40. The molecule has 5 rings (SSSR count). The zero-order valence-corrected chi connectivity index (χ0v) is 25.0. The minimum absolute atomic E-state index is 0.0345. The number of piperidine rings is 1. The fraction of sp³-hybridized carbons (Fsp3) is 0.360. The fourth-order valence-electron chi connectivity index (χ4n) is 4.44. The molecule has 2 aliphatic heterocycles. The lowest BCUT2D eigenvalue weighted by molar-refractivity contribution is -0.138. The predicted octanol–water partition coefficient (Wildman–Crippen LogP) is 8.53. The first kappa shape index (κ1) is 29.7. The molecule has 1 amide bonds. The summed E-state index contributed by atoms with van der Waals surface area (Å²) in [6.07, 6.45) is -2.30. The molecule has 2 aliphatic rings. The molecule has 0 spiro atoms. The van der Waals surface area contributed by atoms with Gasteiger partial charge in [-0.05, 0) is 31.0 Å². The first-order valence-electron chi connectivity index (χ1n) is 12.0. The number of alkyl halides is 3. The van der Waals surface area contributed by atoms with Crippen molar-refractivity contribution in [2.75, 3.05) is 18.8 Å². The number of nitrogens with zero attached hydrogens (tertiary/aromatic N) is 4. The van der Waals surface area contributed by atoms with Crippen molar-refractivity contribution in [3.05, 3.63) is 71.7 Å². The number of amides is 1. The van der Waals surface area contributed by atoms with Crippen molar-refractivity contribution in [3.8, 4) is 0 Å². The van der Waals surface area contributed by atoms with Crippen LogP contribution in [0.4, 0.5) is 13.2 Å². The zero-order valence-electron chi connectivity index (χ0n) is 20.4. The van der Waals surface area contributed by atoms with Crippen LogP contribution in [-0.2, 0) is 15.8 Å². The second-order valence-corrected chi connectivity index (χ2v) is 12.7. The first-order chi connectivity index (χ1) is 19.0. The number of thioether (sulfide) groups is 1. The van der Waals surface area contributed by atoms with E-state index in [0.717, 1.165) is 47.6 Å². The number of aromatic nitrogens is 2. The Morgan fingerprint density at radius 3 is 2.45 bits per heavy atom. The number of carbonyl (C=O) groups is 1. The molecular weight excluding hydrogens is 651 g/mol. The Labute approximate surface area is 255 Å². The molecule has 15 heteroatoms. The summed E-state index contributed by atoms with van der Waals surface area (Å²) in [5, 5.41) is 8.45. The summed E-state index contributed by atoms with van der Waals surface area (Å²) in [5.41, 5.74) is 1.14. The molecule has 0 radical (unpaired) electrons. The molecule has 6 nitrogen and oxygen atoms in total. The number of halogens is 7. The van der Waals surface area contributed by atoms with Gasteiger partial charge < -0.3 is 9.74 Å². The lowest BCUT2D eigenvalue weighted by Gasteiger charge is -2.31. The zero-order chi connectivity index (χ0) is 28.6. The largest absolute Gasteiger partial charge is 0.417 e. The van der Waals surface area contributed by atoms with Crippen LogP contribution in [0.25, 0.3) is 0 Å². The normalized spacial score (nSPS) is 18.1. The second-order valence-electron chi connectivity index (χ2n) is 9.14. The van der Waals surface area contributed by atoms with Gasteiger partial charge in [-0.25, -0.2) is 9.97 Å². The Bertz CT molecular complexity index is 1440. The molecule has 40 heavy (non-hydrogen) atoms. The number of likely N-dealkylation sites (tertiary alicyclic amines) is 1. The van der Waals surface area contributed by atoms with E-state index >= 15 is 0 Å². The second kappa shape index (κ2) is 12.2. The van der Waals surface area contributed by atoms with Gasteiger partial charge in [0.05, 0.1) is 37.1 Å². The van der Waals surface area contributed by atoms with Crippen LogP contribution in [0.1, 0.15) is 53.1 Å². The molecule has 4 heterocycles. The molecule has 0 saturated carbocycles. The van der Waals surface area contributed by atoms with E-state index < -0.39 is 17.8 Å². The number of thiazole rings is 1. The fourth-order valence-corrected chi connectivity index (χ4v) is 7.59. The molecule has 0 aliphatic carbocycles. The third-order valence-electron chi connectivity index (χ3n) is 6.52. The molecule has 1 unspecified atom stereocenters. The van der Waals surface area contributed by atoms with Crippen LogP contribution in [-0.4, -0.2) is 45.3 Å². The van der Waals surface area contributed by atoms with Crippen molar-refractivity contribution in [3.63, 3.8) is 0 Å². The number of oxime groups is 1. The molecular formula is C25H19Cl4F3N4O2S2. The number of rotatable bonds is 6. The maximum absolute atomic E-state index is 12.8. The number of benzene rings is 1. The molecule has 1 fully saturated rings.